The third-order valence-corrected chi connectivity index (χ3v) is 4.53. The number of nitrogen functional groups attached to an aromatic ring is 1. The summed E-state index contributed by atoms with van der Waals surface area (Å²) >= 11 is 5.88. The molecule has 0 spiro atoms. The molecule has 2 aromatic rings. The Labute approximate surface area is 152 Å². The second kappa shape index (κ2) is 7.76. The lowest BCUT2D eigenvalue weighted by molar-refractivity contribution is -0.115. The van der Waals surface area contributed by atoms with E-state index in [0.29, 0.717) is 24.7 Å². The molecule has 3 rings (SSSR count). The number of aryl methyl sites for hydroxylation is 1. The first kappa shape index (κ1) is 17.6. The van der Waals surface area contributed by atoms with Crippen molar-refractivity contribution in [2.45, 2.75) is 13.3 Å². The van der Waals surface area contributed by atoms with Crippen LogP contribution in [0.1, 0.15) is 11.1 Å². The third-order valence-electron chi connectivity index (χ3n) is 4.28. The summed E-state index contributed by atoms with van der Waals surface area (Å²) < 4.78 is 5.39. The number of benzene rings is 2. The van der Waals surface area contributed by atoms with Crippen molar-refractivity contribution >= 4 is 34.6 Å². The van der Waals surface area contributed by atoms with Gasteiger partial charge in [0.2, 0.25) is 5.91 Å². The number of hydrogen-bond acceptors (Lipinski definition) is 4. The molecule has 5 nitrogen and oxygen atoms in total. The number of nitrogens with two attached hydrogens (primary N) is 1. The maximum Gasteiger partial charge on any atom is 0.228 e. The van der Waals surface area contributed by atoms with Crippen LogP contribution in [0.3, 0.4) is 0 Å². The van der Waals surface area contributed by atoms with Gasteiger partial charge in [0.15, 0.2) is 0 Å². The number of carbonyl (C=O) groups is 1. The summed E-state index contributed by atoms with van der Waals surface area (Å²) in [5.41, 5.74) is 10.5. The number of ether oxygens (including phenoxy) is 1. The predicted molar refractivity (Wildman–Crippen MR) is 102 cm³/mol. The number of hydrogen-bond donors (Lipinski definition) is 2. The Morgan fingerprint density at radius 3 is 2.60 bits per heavy atom. The second-order valence-electron chi connectivity index (χ2n) is 6.18. The van der Waals surface area contributed by atoms with Gasteiger partial charge in [-0.2, -0.15) is 0 Å². The van der Waals surface area contributed by atoms with Crippen molar-refractivity contribution in [2.24, 2.45) is 0 Å². The minimum absolute atomic E-state index is 0.0666. The number of rotatable bonds is 4. The van der Waals surface area contributed by atoms with Crippen molar-refractivity contribution in [3.05, 3.63) is 52.5 Å². The van der Waals surface area contributed by atoms with E-state index >= 15 is 0 Å². The highest BCUT2D eigenvalue weighted by molar-refractivity contribution is 6.30. The Bertz CT molecular complexity index is 756. The van der Waals surface area contributed by atoms with Crippen molar-refractivity contribution in [3.63, 3.8) is 0 Å². The summed E-state index contributed by atoms with van der Waals surface area (Å²) in [6.45, 7) is 4.91. The zero-order valence-electron chi connectivity index (χ0n) is 14.2. The SMILES string of the molecule is Cc1cc(N)c(N2CCOCC2)cc1NC(=O)Cc1ccc(Cl)cc1. The number of carbonyl (C=O) groups excluding carboxylic acids is 1. The molecule has 6 heteroatoms. The van der Waals surface area contributed by atoms with Crippen molar-refractivity contribution < 1.29 is 9.53 Å². The van der Waals surface area contributed by atoms with Gasteiger partial charge in [0.1, 0.15) is 0 Å². The van der Waals surface area contributed by atoms with Gasteiger partial charge in [0.05, 0.1) is 31.0 Å². The molecule has 0 saturated carbocycles. The zero-order chi connectivity index (χ0) is 17.8. The van der Waals surface area contributed by atoms with Crippen molar-refractivity contribution in [3.8, 4) is 0 Å². The third kappa shape index (κ3) is 4.44. The maximum absolute atomic E-state index is 12.4. The molecule has 25 heavy (non-hydrogen) atoms. The van der Waals surface area contributed by atoms with Crippen LogP contribution in [0.25, 0.3) is 0 Å². The number of nitrogens with zero attached hydrogens (tertiary/aromatic N) is 1. The van der Waals surface area contributed by atoms with Gasteiger partial charge in [-0.15, -0.1) is 0 Å². The van der Waals surface area contributed by atoms with Gasteiger partial charge in [-0.05, 0) is 42.3 Å². The molecule has 132 valence electrons. The number of anilines is 3. The van der Waals surface area contributed by atoms with Crippen LogP contribution < -0.4 is 16.0 Å². The molecule has 1 amide bonds. The first-order chi connectivity index (χ1) is 12.0. The lowest BCUT2D eigenvalue weighted by Crippen LogP contribution is -2.36. The van der Waals surface area contributed by atoms with Gasteiger partial charge in [-0.25, -0.2) is 0 Å². The number of halogens is 1. The summed E-state index contributed by atoms with van der Waals surface area (Å²) in [4.78, 5) is 14.6. The van der Waals surface area contributed by atoms with E-state index in [9.17, 15) is 4.79 Å². The van der Waals surface area contributed by atoms with Crippen LogP contribution in [-0.2, 0) is 16.0 Å². The van der Waals surface area contributed by atoms with Gasteiger partial charge in [-0.1, -0.05) is 23.7 Å². The Morgan fingerprint density at radius 2 is 1.92 bits per heavy atom. The van der Waals surface area contributed by atoms with Gasteiger partial charge in [0, 0.05) is 23.8 Å². The Kier molecular flexibility index (Phi) is 5.46. The average molecular weight is 360 g/mol. The van der Waals surface area contributed by atoms with Crippen LogP contribution in [0.5, 0.6) is 0 Å². The first-order valence-electron chi connectivity index (χ1n) is 8.30. The Morgan fingerprint density at radius 1 is 1.24 bits per heavy atom. The van der Waals surface area contributed by atoms with E-state index in [4.69, 9.17) is 22.1 Å². The number of morpholine rings is 1. The first-order valence-corrected chi connectivity index (χ1v) is 8.68. The Hall–Kier alpha value is -2.24. The van der Waals surface area contributed by atoms with Crippen LogP contribution in [0, 0.1) is 6.92 Å². The van der Waals surface area contributed by atoms with Crippen LogP contribution in [0.4, 0.5) is 17.1 Å². The van der Waals surface area contributed by atoms with E-state index < -0.39 is 0 Å². The van der Waals surface area contributed by atoms with Crippen molar-refractivity contribution in [1.29, 1.82) is 0 Å². The Balaban J connectivity index is 1.74. The van der Waals surface area contributed by atoms with E-state index in [1.165, 1.54) is 0 Å². The molecular formula is C19H22ClN3O2. The standard InChI is InChI=1S/C19H22ClN3O2/c1-13-10-16(21)18(23-6-8-25-9-7-23)12-17(13)22-19(24)11-14-2-4-15(20)5-3-14/h2-5,10,12H,6-9,11,21H2,1H3,(H,22,24). The highest BCUT2D eigenvalue weighted by atomic mass is 35.5. The fourth-order valence-corrected chi connectivity index (χ4v) is 3.04. The average Bonchev–Trinajstić information content (AvgIpc) is 2.60. The predicted octanol–water partition coefficient (Wildman–Crippen LogP) is 3.25. The fraction of sp³-hybridized carbons (Fsp3) is 0.316. The molecule has 0 aliphatic carbocycles. The molecular weight excluding hydrogens is 338 g/mol. The van der Waals surface area contributed by atoms with E-state index in [2.05, 4.69) is 10.2 Å². The molecule has 0 radical (unpaired) electrons. The summed E-state index contributed by atoms with van der Waals surface area (Å²) in [7, 11) is 0. The molecule has 1 heterocycles. The molecule has 0 bridgehead atoms. The normalized spacial score (nSPS) is 14.4. The highest BCUT2D eigenvalue weighted by Gasteiger charge is 2.16. The van der Waals surface area contributed by atoms with Crippen molar-refractivity contribution in [1.82, 2.24) is 0 Å². The summed E-state index contributed by atoms with van der Waals surface area (Å²) in [6.07, 6.45) is 0.299. The van der Waals surface area contributed by atoms with Gasteiger partial charge in [0.25, 0.3) is 0 Å². The summed E-state index contributed by atoms with van der Waals surface area (Å²) in [5, 5.41) is 3.66. The monoisotopic (exact) mass is 359 g/mol. The fourth-order valence-electron chi connectivity index (χ4n) is 2.91. The van der Waals surface area contributed by atoms with E-state index in [-0.39, 0.29) is 5.91 Å². The molecule has 3 N–H and O–H groups in total. The molecule has 2 aromatic carbocycles. The summed E-state index contributed by atoms with van der Waals surface area (Å²) in [6, 6.07) is 11.1. The zero-order valence-corrected chi connectivity index (χ0v) is 15.0. The number of amides is 1. The van der Waals surface area contributed by atoms with Crippen molar-refractivity contribution in [2.75, 3.05) is 42.3 Å². The lowest BCUT2D eigenvalue weighted by atomic mass is 10.1. The lowest BCUT2D eigenvalue weighted by Gasteiger charge is -2.30. The largest absolute Gasteiger partial charge is 0.397 e. The van der Waals surface area contributed by atoms with E-state index in [0.717, 1.165) is 41.3 Å². The minimum atomic E-state index is -0.0666. The number of nitrogens with one attached hydrogen (secondary N) is 1. The maximum atomic E-state index is 12.4. The van der Waals surface area contributed by atoms with Gasteiger partial charge in [-0.3, -0.25) is 4.79 Å². The van der Waals surface area contributed by atoms with Crippen LogP contribution in [-0.4, -0.2) is 32.2 Å². The molecule has 1 fully saturated rings. The van der Waals surface area contributed by atoms with Crippen LogP contribution in [0.15, 0.2) is 36.4 Å². The summed E-state index contributed by atoms with van der Waals surface area (Å²) in [5.74, 6) is -0.0666. The van der Waals surface area contributed by atoms with E-state index in [1.54, 1.807) is 12.1 Å². The second-order valence-corrected chi connectivity index (χ2v) is 6.61. The topological polar surface area (TPSA) is 67.6 Å². The van der Waals surface area contributed by atoms with Gasteiger partial charge >= 0.3 is 0 Å². The van der Waals surface area contributed by atoms with Crippen LogP contribution in [0.2, 0.25) is 5.02 Å². The highest BCUT2D eigenvalue weighted by Crippen LogP contribution is 2.30. The molecule has 1 aliphatic rings. The van der Waals surface area contributed by atoms with E-state index in [1.807, 2.05) is 31.2 Å². The molecule has 0 atom stereocenters. The van der Waals surface area contributed by atoms with Crippen LogP contribution >= 0.6 is 11.6 Å². The quantitative estimate of drug-likeness (QED) is 0.822. The molecule has 0 aromatic heterocycles. The molecule has 1 aliphatic heterocycles. The van der Waals surface area contributed by atoms with Gasteiger partial charge < -0.3 is 20.7 Å². The minimum Gasteiger partial charge on any atom is -0.397 e. The molecule has 1 saturated heterocycles. The smallest absolute Gasteiger partial charge is 0.228 e. The molecule has 0 unspecified atom stereocenters.